The van der Waals surface area contributed by atoms with Crippen molar-refractivity contribution in [2.24, 2.45) is 0 Å². The lowest BCUT2D eigenvalue weighted by atomic mass is 10.1. The lowest BCUT2D eigenvalue weighted by Gasteiger charge is -2.11. The van der Waals surface area contributed by atoms with Crippen LogP contribution in [0, 0.1) is 11.6 Å². The summed E-state index contributed by atoms with van der Waals surface area (Å²) in [6, 6.07) is 12.7. The number of nitrogen functional groups attached to an aromatic ring is 1. The third-order valence-corrected chi connectivity index (χ3v) is 5.05. The van der Waals surface area contributed by atoms with E-state index in [0.717, 1.165) is 18.2 Å². The van der Waals surface area contributed by atoms with Gasteiger partial charge in [-0.3, -0.25) is 0 Å². The average Bonchev–Trinajstić information content (AvgIpc) is 2.52. The van der Waals surface area contributed by atoms with Crippen LogP contribution < -0.4 is 10.5 Å². The molecular weight excluding hydrogens is 334 g/mol. The lowest BCUT2D eigenvalue weighted by molar-refractivity contribution is 0.571. The molecule has 0 spiro atoms. The Labute approximate surface area is 138 Å². The minimum absolute atomic E-state index is 0.0594. The number of hydrogen-bond donors (Lipinski definition) is 2. The third-order valence-electron chi connectivity index (χ3n) is 3.59. The maximum atomic E-state index is 13.2. The summed E-state index contributed by atoms with van der Waals surface area (Å²) < 4.78 is 53.9. The highest BCUT2D eigenvalue weighted by molar-refractivity contribution is 7.89. The lowest BCUT2D eigenvalue weighted by Crippen LogP contribution is -2.23. The Kier molecular flexibility index (Phi) is 4.21. The standard InChI is InChI=1S/C17H14F2N2O2S/c18-12-7-11(8-13(19)9-12)10-21-24(22,23)17-6-2-3-14-15(17)4-1-5-16(14)20/h1-9,21H,10,20H2. The first-order valence-corrected chi connectivity index (χ1v) is 8.57. The smallest absolute Gasteiger partial charge is 0.241 e. The molecule has 0 saturated carbocycles. The van der Waals surface area contributed by atoms with Crippen molar-refractivity contribution in [1.82, 2.24) is 4.72 Å². The number of sulfonamides is 1. The van der Waals surface area contributed by atoms with E-state index in [9.17, 15) is 17.2 Å². The van der Waals surface area contributed by atoms with E-state index in [2.05, 4.69) is 4.72 Å². The number of halogens is 2. The van der Waals surface area contributed by atoms with Crippen LogP contribution in [0.25, 0.3) is 10.8 Å². The average molecular weight is 348 g/mol. The van der Waals surface area contributed by atoms with Crippen LogP contribution in [-0.4, -0.2) is 8.42 Å². The van der Waals surface area contributed by atoms with Crippen molar-refractivity contribution < 1.29 is 17.2 Å². The highest BCUT2D eigenvalue weighted by Crippen LogP contribution is 2.27. The Bertz CT molecular complexity index is 1000. The van der Waals surface area contributed by atoms with Gasteiger partial charge >= 0.3 is 0 Å². The number of nitrogens with two attached hydrogens (primary N) is 1. The zero-order valence-corrected chi connectivity index (χ0v) is 13.3. The van der Waals surface area contributed by atoms with Gasteiger partial charge in [0.2, 0.25) is 10.0 Å². The van der Waals surface area contributed by atoms with Gasteiger partial charge in [-0.15, -0.1) is 0 Å². The molecule has 3 aromatic carbocycles. The van der Waals surface area contributed by atoms with E-state index in [1.54, 1.807) is 30.3 Å². The summed E-state index contributed by atoms with van der Waals surface area (Å²) in [5.41, 5.74) is 6.53. The predicted octanol–water partition coefficient (Wildman–Crippen LogP) is 3.18. The molecular formula is C17H14F2N2O2S. The Morgan fingerprint density at radius 3 is 2.25 bits per heavy atom. The highest BCUT2D eigenvalue weighted by atomic mass is 32.2. The summed E-state index contributed by atoms with van der Waals surface area (Å²) in [6.45, 7) is -0.226. The molecule has 0 aliphatic carbocycles. The predicted molar refractivity (Wildman–Crippen MR) is 88.7 cm³/mol. The van der Waals surface area contributed by atoms with Crippen LogP contribution in [0.5, 0.6) is 0 Å². The molecule has 0 aliphatic heterocycles. The number of hydrogen-bond acceptors (Lipinski definition) is 3. The number of benzene rings is 3. The van der Waals surface area contributed by atoms with Crippen LogP contribution in [-0.2, 0) is 16.6 Å². The molecule has 3 aromatic rings. The summed E-state index contributed by atoms with van der Waals surface area (Å²) in [5.74, 6) is -1.52. The molecule has 0 heterocycles. The van der Waals surface area contributed by atoms with Crippen molar-refractivity contribution in [3.63, 3.8) is 0 Å². The van der Waals surface area contributed by atoms with E-state index in [0.29, 0.717) is 16.5 Å². The van der Waals surface area contributed by atoms with Gasteiger partial charge in [0.15, 0.2) is 0 Å². The van der Waals surface area contributed by atoms with Gasteiger partial charge in [0.05, 0.1) is 4.90 Å². The van der Waals surface area contributed by atoms with E-state index >= 15 is 0 Å². The van der Waals surface area contributed by atoms with Crippen LogP contribution in [0.1, 0.15) is 5.56 Å². The SMILES string of the molecule is Nc1cccc2c(S(=O)(=O)NCc3cc(F)cc(F)c3)cccc12. The molecule has 0 aliphatic rings. The zero-order chi connectivity index (χ0) is 17.3. The quantitative estimate of drug-likeness (QED) is 0.711. The molecule has 3 rings (SSSR count). The summed E-state index contributed by atoms with van der Waals surface area (Å²) >= 11 is 0. The first-order chi connectivity index (χ1) is 11.4. The fourth-order valence-electron chi connectivity index (χ4n) is 2.51. The summed E-state index contributed by atoms with van der Waals surface area (Å²) in [6.07, 6.45) is 0. The highest BCUT2D eigenvalue weighted by Gasteiger charge is 2.17. The van der Waals surface area contributed by atoms with Gasteiger partial charge in [-0.2, -0.15) is 0 Å². The second kappa shape index (κ2) is 6.18. The molecule has 0 atom stereocenters. The number of rotatable bonds is 4. The van der Waals surface area contributed by atoms with Gasteiger partial charge in [0.25, 0.3) is 0 Å². The number of nitrogens with one attached hydrogen (secondary N) is 1. The van der Waals surface area contributed by atoms with E-state index < -0.39 is 21.7 Å². The molecule has 7 heteroatoms. The molecule has 0 saturated heterocycles. The monoisotopic (exact) mass is 348 g/mol. The first kappa shape index (κ1) is 16.4. The van der Waals surface area contributed by atoms with Crippen molar-refractivity contribution in [2.45, 2.75) is 11.4 Å². The molecule has 0 aromatic heterocycles. The fraction of sp³-hybridized carbons (Fsp3) is 0.0588. The van der Waals surface area contributed by atoms with Crippen molar-refractivity contribution >= 4 is 26.5 Å². The Hall–Kier alpha value is -2.51. The van der Waals surface area contributed by atoms with Crippen LogP contribution in [0.15, 0.2) is 59.5 Å². The summed E-state index contributed by atoms with van der Waals surface area (Å²) in [7, 11) is -3.88. The molecule has 24 heavy (non-hydrogen) atoms. The topological polar surface area (TPSA) is 72.2 Å². The molecule has 0 unspecified atom stereocenters. The number of fused-ring (bicyclic) bond motifs is 1. The summed E-state index contributed by atoms with van der Waals surface area (Å²) in [5, 5.41) is 1.10. The van der Waals surface area contributed by atoms with Crippen molar-refractivity contribution in [3.8, 4) is 0 Å². The second-order valence-electron chi connectivity index (χ2n) is 5.30. The van der Waals surface area contributed by atoms with Crippen LogP contribution in [0.2, 0.25) is 0 Å². The van der Waals surface area contributed by atoms with Crippen LogP contribution in [0.3, 0.4) is 0 Å². The first-order valence-electron chi connectivity index (χ1n) is 7.09. The minimum Gasteiger partial charge on any atom is -0.398 e. The molecule has 0 fully saturated rings. The Morgan fingerprint density at radius 2 is 1.54 bits per heavy atom. The molecule has 0 radical (unpaired) electrons. The van der Waals surface area contributed by atoms with E-state index in [1.165, 1.54) is 6.07 Å². The van der Waals surface area contributed by atoms with Crippen molar-refractivity contribution in [2.75, 3.05) is 5.73 Å². The zero-order valence-electron chi connectivity index (χ0n) is 12.5. The minimum atomic E-state index is -3.88. The van der Waals surface area contributed by atoms with Gasteiger partial charge in [0.1, 0.15) is 11.6 Å². The van der Waals surface area contributed by atoms with Gasteiger partial charge in [-0.1, -0.05) is 24.3 Å². The maximum Gasteiger partial charge on any atom is 0.241 e. The van der Waals surface area contributed by atoms with Crippen LogP contribution >= 0.6 is 0 Å². The fourth-order valence-corrected chi connectivity index (χ4v) is 3.75. The van der Waals surface area contributed by atoms with Gasteiger partial charge < -0.3 is 5.73 Å². The summed E-state index contributed by atoms with van der Waals surface area (Å²) in [4.78, 5) is 0.0594. The van der Waals surface area contributed by atoms with E-state index in [4.69, 9.17) is 5.73 Å². The van der Waals surface area contributed by atoms with Gasteiger partial charge in [-0.05, 0) is 29.8 Å². The Balaban J connectivity index is 1.95. The second-order valence-corrected chi connectivity index (χ2v) is 7.04. The van der Waals surface area contributed by atoms with E-state index in [-0.39, 0.29) is 17.0 Å². The van der Waals surface area contributed by atoms with Crippen molar-refractivity contribution in [3.05, 3.63) is 71.8 Å². The Morgan fingerprint density at radius 1 is 0.917 bits per heavy atom. The van der Waals surface area contributed by atoms with E-state index in [1.807, 2.05) is 0 Å². The third kappa shape index (κ3) is 3.22. The molecule has 3 N–H and O–H groups in total. The van der Waals surface area contributed by atoms with Gasteiger partial charge in [-0.25, -0.2) is 21.9 Å². The molecule has 4 nitrogen and oxygen atoms in total. The largest absolute Gasteiger partial charge is 0.398 e. The molecule has 124 valence electrons. The normalized spacial score (nSPS) is 11.8. The molecule has 0 bridgehead atoms. The maximum absolute atomic E-state index is 13.2. The number of anilines is 1. The van der Waals surface area contributed by atoms with Crippen LogP contribution in [0.4, 0.5) is 14.5 Å². The van der Waals surface area contributed by atoms with Gasteiger partial charge in [0, 0.05) is 29.1 Å². The molecule has 0 amide bonds. The van der Waals surface area contributed by atoms with Crippen molar-refractivity contribution in [1.29, 1.82) is 0 Å².